The number of cyclic esters (lactones) is 2. The van der Waals surface area contributed by atoms with Crippen LogP contribution in [0.5, 0.6) is 0 Å². The monoisotopic (exact) mass is 195 g/mol. The highest BCUT2D eigenvalue weighted by molar-refractivity contribution is 5.96. The molecule has 4 nitrogen and oxygen atoms in total. The van der Waals surface area contributed by atoms with E-state index in [2.05, 4.69) is 4.74 Å². The molecule has 0 amide bonds. The van der Waals surface area contributed by atoms with E-state index >= 15 is 0 Å². The van der Waals surface area contributed by atoms with Crippen LogP contribution in [-0.2, 0) is 14.3 Å². The fourth-order valence-electron chi connectivity index (χ4n) is 2.00. The van der Waals surface area contributed by atoms with Gasteiger partial charge in [0, 0.05) is 26.2 Å². The zero-order valence-electron chi connectivity index (χ0n) is 8.32. The molecule has 1 fully saturated rings. The van der Waals surface area contributed by atoms with E-state index < -0.39 is 0 Å². The van der Waals surface area contributed by atoms with Gasteiger partial charge in [0.2, 0.25) is 0 Å². The summed E-state index contributed by atoms with van der Waals surface area (Å²) in [5, 5.41) is 0. The van der Waals surface area contributed by atoms with Gasteiger partial charge in [-0.05, 0) is 6.42 Å². The van der Waals surface area contributed by atoms with Gasteiger partial charge in [0.05, 0.1) is 11.8 Å². The Balaban J connectivity index is 2.20. The number of carbonyl (C=O) groups excluding carboxylic acids is 2. The van der Waals surface area contributed by atoms with Crippen LogP contribution < -0.4 is 0 Å². The quantitative estimate of drug-likeness (QED) is 0.452. The molecular formula is C10H13NO3. The Morgan fingerprint density at radius 2 is 1.93 bits per heavy atom. The number of allylic oxidation sites excluding steroid dienone is 2. The van der Waals surface area contributed by atoms with Crippen LogP contribution in [0.3, 0.4) is 0 Å². The van der Waals surface area contributed by atoms with Crippen molar-refractivity contribution in [2.75, 3.05) is 14.1 Å². The second-order valence-electron chi connectivity index (χ2n) is 3.98. The Hall–Kier alpha value is -1.32. The van der Waals surface area contributed by atoms with Gasteiger partial charge < -0.3 is 9.64 Å². The van der Waals surface area contributed by atoms with Gasteiger partial charge in [-0.2, -0.15) is 0 Å². The van der Waals surface area contributed by atoms with Crippen molar-refractivity contribution >= 4 is 11.9 Å². The molecule has 0 aromatic rings. The molecule has 1 heterocycles. The van der Waals surface area contributed by atoms with Crippen LogP contribution in [-0.4, -0.2) is 30.9 Å². The van der Waals surface area contributed by atoms with Crippen molar-refractivity contribution in [3.63, 3.8) is 0 Å². The zero-order chi connectivity index (χ0) is 10.3. The van der Waals surface area contributed by atoms with Crippen molar-refractivity contribution in [3.05, 3.63) is 11.8 Å². The summed E-state index contributed by atoms with van der Waals surface area (Å²) in [6.45, 7) is 0. The number of hydrogen-bond donors (Lipinski definition) is 0. The second-order valence-corrected chi connectivity index (χ2v) is 3.98. The van der Waals surface area contributed by atoms with E-state index in [0.29, 0.717) is 12.8 Å². The number of nitrogens with zero attached hydrogens (tertiary/aromatic N) is 1. The van der Waals surface area contributed by atoms with Crippen molar-refractivity contribution in [3.8, 4) is 0 Å². The fraction of sp³-hybridized carbons (Fsp3) is 0.600. The van der Waals surface area contributed by atoms with E-state index in [0.717, 1.165) is 5.70 Å². The first-order chi connectivity index (χ1) is 6.59. The van der Waals surface area contributed by atoms with Gasteiger partial charge in [0.1, 0.15) is 0 Å². The molecule has 2 unspecified atom stereocenters. The van der Waals surface area contributed by atoms with Crippen LogP contribution in [0.15, 0.2) is 11.8 Å². The Morgan fingerprint density at radius 1 is 1.29 bits per heavy atom. The van der Waals surface area contributed by atoms with E-state index in [-0.39, 0.29) is 23.8 Å². The first kappa shape index (κ1) is 9.24. The fourth-order valence-corrected chi connectivity index (χ4v) is 2.00. The minimum Gasteiger partial charge on any atom is -0.393 e. The molecule has 1 aliphatic carbocycles. The third kappa shape index (κ3) is 1.31. The Kier molecular flexibility index (Phi) is 2.06. The van der Waals surface area contributed by atoms with Gasteiger partial charge in [-0.1, -0.05) is 6.08 Å². The molecule has 76 valence electrons. The van der Waals surface area contributed by atoms with Crippen LogP contribution >= 0.6 is 0 Å². The van der Waals surface area contributed by atoms with Crippen LogP contribution in [0.2, 0.25) is 0 Å². The summed E-state index contributed by atoms with van der Waals surface area (Å²) in [5.74, 6) is -1.18. The summed E-state index contributed by atoms with van der Waals surface area (Å²) in [4.78, 5) is 24.5. The molecule has 2 aliphatic rings. The van der Waals surface area contributed by atoms with E-state index in [1.165, 1.54) is 0 Å². The van der Waals surface area contributed by atoms with Gasteiger partial charge in [-0.3, -0.25) is 9.59 Å². The number of fused-ring (bicyclic) bond motifs is 1. The highest BCUT2D eigenvalue weighted by atomic mass is 16.6. The molecular weight excluding hydrogens is 182 g/mol. The number of rotatable bonds is 1. The third-order valence-corrected chi connectivity index (χ3v) is 2.90. The lowest BCUT2D eigenvalue weighted by atomic mass is 9.83. The Bertz CT molecular complexity index is 319. The maximum Gasteiger partial charge on any atom is 0.317 e. The highest BCUT2D eigenvalue weighted by Gasteiger charge is 2.45. The highest BCUT2D eigenvalue weighted by Crippen LogP contribution is 2.36. The second kappa shape index (κ2) is 3.12. The van der Waals surface area contributed by atoms with Crippen LogP contribution in [0, 0.1) is 11.8 Å². The van der Waals surface area contributed by atoms with Crippen molar-refractivity contribution in [1.29, 1.82) is 0 Å². The van der Waals surface area contributed by atoms with Crippen molar-refractivity contribution in [2.45, 2.75) is 12.8 Å². The molecule has 2 rings (SSSR count). The number of esters is 2. The molecule has 1 aliphatic heterocycles. The molecule has 1 saturated heterocycles. The molecule has 0 radical (unpaired) electrons. The predicted octanol–water partition coefficient (Wildman–Crippen LogP) is 0.541. The molecule has 0 aromatic carbocycles. The van der Waals surface area contributed by atoms with Gasteiger partial charge in [0.25, 0.3) is 0 Å². The lowest BCUT2D eigenvalue weighted by Gasteiger charge is -2.25. The molecule has 0 saturated carbocycles. The topological polar surface area (TPSA) is 46.6 Å². The summed E-state index contributed by atoms with van der Waals surface area (Å²) in [5.41, 5.74) is 1.11. The molecule has 0 N–H and O–H groups in total. The number of ether oxygens (including phenoxy) is 1. The third-order valence-electron chi connectivity index (χ3n) is 2.90. The standard InChI is InChI=1S/C10H13NO3/c1-11(2)6-3-4-7-8(5-6)10(13)14-9(7)12/h3,7-8H,4-5H2,1-2H3. The molecule has 0 bridgehead atoms. The molecule has 0 aromatic heterocycles. The molecule has 0 spiro atoms. The van der Waals surface area contributed by atoms with Gasteiger partial charge >= 0.3 is 11.9 Å². The largest absolute Gasteiger partial charge is 0.393 e. The molecule has 2 atom stereocenters. The summed E-state index contributed by atoms with van der Waals surface area (Å²) >= 11 is 0. The summed E-state index contributed by atoms with van der Waals surface area (Å²) in [6.07, 6.45) is 3.27. The number of hydrogen-bond acceptors (Lipinski definition) is 4. The summed E-state index contributed by atoms with van der Waals surface area (Å²) in [7, 11) is 3.88. The molecule has 4 heteroatoms. The summed E-state index contributed by atoms with van der Waals surface area (Å²) < 4.78 is 4.61. The predicted molar refractivity (Wildman–Crippen MR) is 49.1 cm³/mol. The first-order valence-corrected chi connectivity index (χ1v) is 4.71. The van der Waals surface area contributed by atoms with Crippen LogP contribution in [0.25, 0.3) is 0 Å². The minimum absolute atomic E-state index is 0.230. The van der Waals surface area contributed by atoms with Crippen molar-refractivity contribution < 1.29 is 14.3 Å². The summed E-state index contributed by atoms with van der Waals surface area (Å²) in [6, 6.07) is 0. The lowest BCUT2D eigenvalue weighted by Crippen LogP contribution is -2.26. The van der Waals surface area contributed by atoms with Crippen molar-refractivity contribution in [2.24, 2.45) is 11.8 Å². The first-order valence-electron chi connectivity index (χ1n) is 4.71. The van der Waals surface area contributed by atoms with Gasteiger partial charge in [-0.15, -0.1) is 0 Å². The normalized spacial score (nSPS) is 30.9. The average molecular weight is 195 g/mol. The van der Waals surface area contributed by atoms with E-state index in [9.17, 15) is 9.59 Å². The number of carbonyl (C=O) groups is 2. The Morgan fingerprint density at radius 3 is 2.57 bits per heavy atom. The maximum absolute atomic E-state index is 11.3. The molecule has 14 heavy (non-hydrogen) atoms. The van der Waals surface area contributed by atoms with Crippen LogP contribution in [0.1, 0.15) is 12.8 Å². The smallest absolute Gasteiger partial charge is 0.317 e. The van der Waals surface area contributed by atoms with E-state index in [1.54, 1.807) is 0 Å². The zero-order valence-corrected chi connectivity index (χ0v) is 8.32. The van der Waals surface area contributed by atoms with E-state index in [1.807, 2.05) is 25.1 Å². The van der Waals surface area contributed by atoms with Gasteiger partial charge in [-0.25, -0.2) is 0 Å². The van der Waals surface area contributed by atoms with Gasteiger partial charge in [0.15, 0.2) is 0 Å². The SMILES string of the molecule is CN(C)C1=CCC2C(=O)OC(=O)C2C1. The lowest BCUT2D eigenvalue weighted by molar-refractivity contribution is -0.153. The Labute approximate surface area is 82.5 Å². The average Bonchev–Trinajstić information content (AvgIpc) is 2.42. The van der Waals surface area contributed by atoms with Crippen LogP contribution in [0.4, 0.5) is 0 Å². The maximum atomic E-state index is 11.3. The minimum atomic E-state index is -0.354. The van der Waals surface area contributed by atoms with Crippen molar-refractivity contribution in [1.82, 2.24) is 4.90 Å². The van der Waals surface area contributed by atoms with E-state index in [4.69, 9.17) is 0 Å².